The van der Waals surface area contributed by atoms with Gasteiger partial charge in [-0.2, -0.15) is 0 Å². The minimum Gasteiger partial charge on any atom is -0.382 e. The van der Waals surface area contributed by atoms with Crippen molar-refractivity contribution in [3.05, 3.63) is 63.4 Å². The number of aryl methyl sites for hydroxylation is 1. The van der Waals surface area contributed by atoms with Crippen LogP contribution in [0, 0.1) is 0 Å². The van der Waals surface area contributed by atoms with Crippen LogP contribution in [0.5, 0.6) is 0 Å². The highest BCUT2D eigenvalue weighted by molar-refractivity contribution is 8.00. The number of anilines is 1. The first kappa shape index (κ1) is 23.8. The van der Waals surface area contributed by atoms with Gasteiger partial charge in [-0.15, -0.1) is 0 Å². The first-order valence-electron chi connectivity index (χ1n) is 11.3. The molecule has 2 aromatic carbocycles. The van der Waals surface area contributed by atoms with Gasteiger partial charge in [0.05, 0.1) is 16.2 Å². The third-order valence-electron chi connectivity index (χ3n) is 5.76. The third kappa shape index (κ3) is 5.26. The quantitative estimate of drug-likeness (QED) is 0.257. The number of aromatic nitrogens is 2. The zero-order valence-electron chi connectivity index (χ0n) is 18.9. The molecule has 8 heteroatoms. The van der Waals surface area contributed by atoms with E-state index in [4.69, 9.17) is 21.3 Å². The molecule has 1 aromatic heterocycles. The van der Waals surface area contributed by atoms with Crippen molar-refractivity contribution < 1.29 is 9.53 Å². The molecule has 1 atom stereocenters. The fourth-order valence-electron chi connectivity index (χ4n) is 4.12. The average molecular weight is 486 g/mol. The van der Waals surface area contributed by atoms with Gasteiger partial charge in [0.2, 0.25) is 5.91 Å². The van der Waals surface area contributed by atoms with Gasteiger partial charge in [-0.3, -0.25) is 14.2 Å². The van der Waals surface area contributed by atoms with Gasteiger partial charge in [-0.25, -0.2) is 4.98 Å². The number of benzene rings is 2. The van der Waals surface area contributed by atoms with Gasteiger partial charge in [0.25, 0.3) is 5.56 Å². The van der Waals surface area contributed by atoms with Gasteiger partial charge >= 0.3 is 0 Å². The maximum atomic E-state index is 13.4. The molecule has 1 unspecified atom stereocenters. The molecule has 1 aliphatic heterocycles. The van der Waals surface area contributed by atoms with E-state index in [2.05, 4.69) is 6.07 Å². The molecule has 0 N–H and O–H groups in total. The summed E-state index contributed by atoms with van der Waals surface area (Å²) in [6, 6.07) is 13.2. The molecule has 0 bridgehead atoms. The van der Waals surface area contributed by atoms with Crippen LogP contribution in [0.3, 0.4) is 0 Å². The van der Waals surface area contributed by atoms with Crippen molar-refractivity contribution in [2.45, 2.75) is 50.1 Å². The first-order chi connectivity index (χ1) is 16.0. The molecule has 0 fully saturated rings. The number of fused-ring (bicyclic) bond motifs is 2. The molecule has 6 nitrogen and oxygen atoms in total. The van der Waals surface area contributed by atoms with E-state index in [0.29, 0.717) is 53.8 Å². The molecule has 4 rings (SSSR count). The molecule has 0 radical (unpaired) electrons. The van der Waals surface area contributed by atoms with E-state index >= 15 is 0 Å². The molecule has 1 amide bonds. The van der Waals surface area contributed by atoms with Crippen molar-refractivity contribution in [2.75, 3.05) is 24.7 Å². The molecular weight excluding hydrogens is 458 g/mol. The summed E-state index contributed by atoms with van der Waals surface area (Å²) in [4.78, 5) is 33.3. The molecule has 0 saturated heterocycles. The molecule has 1 aliphatic rings. The number of para-hydroxylation sites is 1. The van der Waals surface area contributed by atoms with Crippen LogP contribution >= 0.6 is 23.4 Å². The Kier molecular flexibility index (Phi) is 7.73. The number of thioether (sulfide) groups is 1. The fourth-order valence-corrected chi connectivity index (χ4v) is 5.28. The van der Waals surface area contributed by atoms with Crippen molar-refractivity contribution in [1.82, 2.24) is 9.55 Å². The van der Waals surface area contributed by atoms with E-state index in [-0.39, 0.29) is 11.5 Å². The number of hydrogen-bond donors (Lipinski definition) is 0. The second-order valence-electron chi connectivity index (χ2n) is 8.05. The topological polar surface area (TPSA) is 64.4 Å². The van der Waals surface area contributed by atoms with Crippen molar-refractivity contribution in [3.63, 3.8) is 0 Å². The molecular formula is C25H28ClN3O3S. The average Bonchev–Trinajstić information content (AvgIpc) is 2.82. The van der Waals surface area contributed by atoms with Crippen molar-refractivity contribution >= 4 is 45.9 Å². The van der Waals surface area contributed by atoms with Crippen LogP contribution < -0.4 is 10.5 Å². The lowest BCUT2D eigenvalue weighted by atomic mass is 10.0. The molecule has 0 saturated carbocycles. The maximum absolute atomic E-state index is 13.4. The van der Waals surface area contributed by atoms with Crippen LogP contribution in [0.1, 0.15) is 32.3 Å². The highest BCUT2D eigenvalue weighted by Crippen LogP contribution is 2.31. The molecule has 0 spiro atoms. The van der Waals surface area contributed by atoms with E-state index in [1.54, 1.807) is 22.8 Å². The highest BCUT2D eigenvalue weighted by Gasteiger charge is 2.28. The van der Waals surface area contributed by atoms with Gasteiger partial charge in [-0.05, 0) is 62.9 Å². The summed E-state index contributed by atoms with van der Waals surface area (Å²) in [6.45, 7) is 6.19. The molecule has 2 heterocycles. The van der Waals surface area contributed by atoms with Crippen LogP contribution in [0.2, 0.25) is 5.02 Å². The zero-order chi connectivity index (χ0) is 23.4. The second-order valence-corrected chi connectivity index (χ2v) is 9.79. The number of carbonyl (C=O) groups is 1. The van der Waals surface area contributed by atoms with Crippen LogP contribution in [-0.4, -0.2) is 40.5 Å². The lowest BCUT2D eigenvalue weighted by molar-refractivity contribution is -0.117. The third-order valence-corrected chi connectivity index (χ3v) is 7.08. The minimum atomic E-state index is -0.405. The maximum Gasteiger partial charge on any atom is 0.262 e. The lowest BCUT2D eigenvalue weighted by Gasteiger charge is -2.31. The number of amides is 1. The van der Waals surface area contributed by atoms with Crippen molar-refractivity contribution in [2.24, 2.45) is 0 Å². The highest BCUT2D eigenvalue weighted by atomic mass is 35.5. The first-order valence-corrected chi connectivity index (χ1v) is 12.6. The van der Waals surface area contributed by atoms with E-state index in [1.165, 1.54) is 17.3 Å². The Labute approximate surface area is 202 Å². The Hall–Kier alpha value is -2.35. The summed E-state index contributed by atoms with van der Waals surface area (Å²) in [5.41, 5.74) is 2.59. The van der Waals surface area contributed by atoms with E-state index in [1.807, 2.05) is 36.9 Å². The zero-order valence-corrected chi connectivity index (χ0v) is 20.5. The minimum absolute atomic E-state index is 0.0217. The van der Waals surface area contributed by atoms with E-state index in [9.17, 15) is 9.59 Å². The predicted molar refractivity (Wildman–Crippen MR) is 135 cm³/mol. The monoisotopic (exact) mass is 485 g/mol. The van der Waals surface area contributed by atoms with Gasteiger partial charge in [0, 0.05) is 37.0 Å². The Morgan fingerprint density at radius 3 is 2.91 bits per heavy atom. The summed E-state index contributed by atoms with van der Waals surface area (Å²) < 4.78 is 7.11. The second kappa shape index (κ2) is 10.7. The van der Waals surface area contributed by atoms with Gasteiger partial charge in [0.15, 0.2) is 5.16 Å². The van der Waals surface area contributed by atoms with Gasteiger partial charge in [0.1, 0.15) is 0 Å². The summed E-state index contributed by atoms with van der Waals surface area (Å²) in [7, 11) is 0. The summed E-state index contributed by atoms with van der Waals surface area (Å²) in [5.74, 6) is 0.0217. The number of halogens is 1. The van der Waals surface area contributed by atoms with Gasteiger partial charge in [-0.1, -0.05) is 41.6 Å². The molecule has 174 valence electrons. The number of rotatable bonds is 8. The fraction of sp³-hybridized carbons (Fsp3) is 0.400. The van der Waals surface area contributed by atoms with E-state index < -0.39 is 5.25 Å². The van der Waals surface area contributed by atoms with Crippen LogP contribution in [0.4, 0.5) is 5.69 Å². The van der Waals surface area contributed by atoms with Crippen LogP contribution in [-0.2, 0) is 22.5 Å². The Morgan fingerprint density at radius 1 is 1.27 bits per heavy atom. The predicted octanol–water partition coefficient (Wildman–Crippen LogP) is 4.94. The lowest BCUT2D eigenvalue weighted by Crippen LogP contribution is -2.40. The van der Waals surface area contributed by atoms with Gasteiger partial charge < -0.3 is 9.64 Å². The summed E-state index contributed by atoms with van der Waals surface area (Å²) >= 11 is 7.48. The van der Waals surface area contributed by atoms with Crippen molar-refractivity contribution in [3.8, 4) is 0 Å². The van der Waals surface area contributed by atoms with Crippen LogP contribution in [0.15, 0.2) is 52.4 Å². The number of nitrogens with zero attached hydrogens (tertiary/aromatic N) is 3. The Morgan fingerprint density at radius 2 is 2.09 bits per heavy atom. The SMILES string of the molecule is CCOCCCn1c(SC(C)C(=O)N2CCCc3ccccc32)nc2cc(Cl)ccc2c1=O. The van der Waals surface area contributed by atoms with Crippen molar-refractivity contribution in [1.29, 1.82) is 0 Å². The summed E-state index contributed by atoms with van der Waals surface area (Å²) in [6.07, 6.45) is 2.60. The number of hydrogen-bond acceptors (Lipinski definition) is 5. The molecule has 33 heavy (non-hydrogen) atoms. The molecule has 3 aromatic rings. The Bertz CT molecular complexity index is 1210. The standard InChI is InChI=1S/C25H28ClN3O3S/c1-3-32-15-7-14-29-24(31)20-12-11-19(26)16-21(20)27-25(29)33-17(2)23(30)28-13-6-9-18-8-4-5-10-22(18)28/h4-5,8,10-12,16-17H,3,6-7,9,13-15H2,1-2H3. The number of ether oxygens (including phenoxy) is 1. The van der Waals surface area contributed by atoms with Crippen LogP contribution in [0.25, 0.3) is 10.9 Å². The normalized spacial score (nSPS) is 14.3. The smallest absolute Gasteiger partial charge is 0.262 e. The van der Waals surface area contributed by atoms with E-state index in [0.717, 1.165) is 18.5 Å². The Balaban J connectivity index is 1.64. The molecule has 0 aliphatic carbocycles. The largest absolute Gasteiger partial charge is 0.382 e. The summed E-state index contributed by atoms with van der Waals surface area (Å²) in [5, 5.41) is 1.16. The number of carbonyl (C=O) groups excluding carboxylic acids is 1.